The van der Waals surface area contributed by atoms with Crippen LogP contribution in [0.4, 0.5) is 11.4 Å². The molecule has 190 valence electrons. The predicted octanol–water partition coefficient (Wildman–Crippen LogP) is 2.58. The average molecular weight is 507 g/mol. The number of H-pyrrole nitrogens is 1. The van der Waals surface area contributed by atoms with Crippen LogP contribution in [0.3, 0.4) is 0 Å². The lowest BCUT2D eigenvalue weighted by Crippen LogP contribution is -2.24. The molecule has 0 saturated carbocycles. The lowest BCUT2D eigenvalue weighted by atomic mass is 10.0. The Morgan fingerprint density at radius 2 is 1.39 bits per heavy atom. The maximum absolute atomic E-state index is 6.15. The summed E-state index contributed by atoms with van der Waals surface area (Å²) in [5.41, 5.74) is 20.0. The molecule has 12 nitrogen and oxygen atoms in total. The first kappa shape index (κ1) is 23.3. The fourth-order valence-corrected chi connectivity index (χ4v) is 4.81. The lowest BCUT2D eigenvalue weighted by molar-refractivity contribution is 0.952. The molecule has 12 heteroatoms. The number of rotatable bonds is 5. The highest BCUT2D eigenvalue weighted by Gasteiger charge is 2.24. The zero-order valence-electron chi connectivity index (χ0n) is 20.2. The molecular weight excluding hydrogens is 480 g/mol. The van der Waals surface area contributed by atoms with Gasteiger partial charge in [0.05, 0.1) is 34.0 Å². The second-order valence-electron chi connectivity index (χ2n) is 8.66. The summed E-state index contributed by atoms with van der Waals surface area (Å²) < 4.78 is 1.67. The number of nitrogens with zero attached hydrogens (tertiary/aromatic N) is 3. The Hall–Kier alpha value is -5.14. The van der Waals surface area contributed by atoms with E-state index in [0.29, 0.717) is 39.5 Å². The Balaban J connectivity index is 1.87. The third kappa shape index (κ3) is 3.82. The number of aromatic amines is 1. The van der Waals surface area contributed by atoms with Crippen molar-refractivity contribution in [2.75, 3.05) is 16.4 Å². The molecule has 3 aromatic heterocycles. The van der Waals surface area contributed by atoms with Gasteiger partial charge in [0.15, 0.2) is 0 Å². The molecule has 5 heterocycles. The minimum absolute atomic E-state index is 0.420. The number of hydrogen-bond acceptors (Lipinski definition) is 10. The Bertz CT molecular complexity index is 1760. The molecule has 0 amide bonds. The van der Waals surface area contributed by atoms with Gasteiger partial charge in [0.2, 0.25) is 0 Å². The van der Waals surface area contributed by atoms with Crippen molar-refractivity contribution >= 4 is 57.4 Å². The van der Waals surface area contributed by atoms with Crippen molar-refractivity contribution in [3.8, 4) is 11.1 Å². The minimum atomic E-state index is 0.420. The smallest absolute Gasteiger partial charge is 0.116 e. The van der Waals surface area contributed by atoms with E-state index in [1.54, 1.807) is 4.68 Å². The van der Waals surface area contributed by atoms with E-state index in [9.17, 15) is 0 Å². The maximum Gasteiger partial charge on any atom is 0.116 e. The Kier molecular flexibility index (Phi) is 5.75. The van der Waals surface area contributed by atoms with Crippen LogP contribution in [0.5, 0.6) is 0 Å². The Labute approximate surface area is 216 Å². The molecule has 8 bridgehead atoms. The van der Waals surface area contributed by atoms with Crippen LogP contribution < -0.4 is 45.2 Å². The van der Waals surface area contributed by atoms with Gasteiger partial charge >= 0.3 is 0 Å². The quantitative estimate of drug-likeness (QED) is 0.126. The van der Waals surface area contributed by atoms with E-state index in [0.717, 1.165) is 33.5 Å². The van der Waals surface area contributed by atoms with Gasteiger partial charge < -0.3 is 21.3 Å². The molecule has 0 radical (unpaired) electrons. The van der Waals surface area contributed by atoms with Crippen molar-refractivity contribution in [1.82, 2.24) is 25.1 Å². The van der Waals surface area contributed by atoms with E-state index in [2.05, 4.69) is 26.8 Å². The van der Waals surface area contributed by atoms with E-state index in [4.69, 9.17) is 33.3 Å². The van der Waals surface area contributed by atoms with Crippen LogP contribution in [-0.2, 0) is 0 Å². The number of nitrogens with two attached hydrogens (primary N) is 4. The zero-order chi connectivity index (χ0) is 26.2. The van der Waals surface area contributed by atoms with Crippen LogP contribution >= 0.6 is 0 Å². The molecule has 0 atom stereocenters. The van der Waals surface area contributed by atoms with Crippen LogP contribution in [0.25, 0.3) is 57.1 Å². The van der Waals surface area contributed by atoms with Gasteiger partial charge in [0, 0.05) is 16.6 Å². The van der Waals surface area contributed by atoms with Crippen LogP contribution in [0.15, 0.2) is 60.7 Å². The number of nitrogen functional groups attached to an aromatic ring is 3. The molecule has 4 aromatic rings. The largest absolute Gasteiger partial charge is 0.355 e. The monoisotopic (exact) mass is 506 g/mol. The molecule has 0 unspecified atom stereocenters. The standard InChI is InChI=1S/C26H26N12/c27-34-20-12-19-11-17-7-6-15(31-17)10-16-8-9-18(32-16)13-21-22(14-4-2-1-3-5-14)24(35-28)26(38(21)37-30)25(36-29)23(20)33-19/h1-13,31,34-37H,27-30H2. The first-order chi connectivity index (χ1) is 18.6. The van der Waals surface area contributed by atoms with Crippen molar-refractivity contribution in [2.24, 2.45) is 23.4 Å². The summed E-state index contributed by atoms with van der Waals surface area (Å²) in [5, 5.41) is 0. The van der Waals surface area contributed by atoms with E-state index >= 15 is 0 Å². The molecule has 13 N–H and O–H groups in total. The molecule has 0 fully saturated rings. The number of anilines is 2. The number of fused-ring (bicyclic) bond motifs is 8. The summed E-state index contributed by atoms with van der Waals surface area (Å²) in [6, 6.07) is 19.5. The first-order valence-electron chi connectivity index (χ1n) is 11.8. The molecule has 2 aliphatic heterocycles. The minimum Gasteiger partial charge on any atom is -0.355 e. The normalized spacial score (nSPS) is 12.3. The molecule has 0 saturated heterocycles. The van der Waals surface area contributed by atoms with Gasteiger partial charge in [-0.1, -0.05) is 30.3 Å². The molecule has 38 heavy (non-hydrogen) atoms. The van der Waals surface area contributed by atoms with Crippen molar-refractivity contribution in [2.45, 2.75) is 0 Å². The summed E-state index contributed by atoms with van der Waals surface area (Å²) in [5.74, 6) is 24.3. The molecular formula is C26H26N12. The van der Waals surface area contributed by atoms with Crippen LogP contribution in [0.1, 0.15) is 22.8 Å². The highest BCUT2D eigenvalue weighted by atomic mass is 15.6. The van der Waals surface area contributed by atoms with Crippen LogP contribution in [-0.4, -0.2) is 19.6 Å². The highest BCUT2D eigenvalue weighted by Crippen LogP contribution is 2.42. The summed E-state index contributed by atoms with van der Waals surface area (Å²) in [6.07, 6.45) is 5.71. The average Bonchev–Trinajstić information content (AvgIpc) is 3.72. The topological polar surface area (TPSA) is 199 Å². The SMILES string of the molecule is NNC1=Cc2cc3ccc(cc4nc(cc5c(-c6ccccc6)c(NN)c(c(NN)c1n2)n5NN)C=C4)[nH]3. The van der Waals surface area contributed by atoms with Crippen LogP contribution in [0, 0.1) is 0 Å². The second kappa shape index (κ2) is 9.38. The Morgan fingerprint density at radius 3 is 2.05 bits per heavy atom. The van der Waals surface area contributed by atoms with E-state index < -0.39 is 0 Å². The zero-order valence-corrected chi connectivity index (χ0v) is 20.2. The van der Waals surface area contributed by atoms with Crippen molar-refractivity contribution in [3.63, 3.8) is 0 Å². The molecule has 2 aliphatic rings. The van der Waals surface area contributed by atoms with Gasteiger partial charge in [-0.25, -0.2) is 20.5 Å². The third-order valence-electron chi connectivity index (χ3n) is 6.41. The van der Waals surface area contributed by atoms with Crippen molar-refractivity contribution in [3.05, 3.63) is 83.4 Å². The lowest BCUT2D eigenvalue weighted by Gasteiger charge is -2.12. The number of nitrogens with one attached hydrogen (secondary N) is 5. The fraction of sp³-hybridized carbons (Fsp3) is 0. The summed E-state index contributed by atoms with van der Waals surface area (Å²) in [7, 11) is 0. The molecule has 1 aromatic carbocycles. The summed E-state index contributed by atoms with van der Waals surface area (Å²) in [6.45, 7) is 0. The third-order valence-corrected chi connectivity index (χ3v) is 6.41. The number of hydrazine groups is 4. The number of benzene rings is 1. The van der Waals surface area contributed by atoms with E-state index in [1.807, 2.05) is 78.9 Å². The highest BCUT2D eigenvalue weighted by molar-refractivity contribution is 6.07. The first-order valence-corrected chi connectivity index (χ1v) is 11.8. The predicted molar refractivity (Wildman–Crippen MR) is 153 cm³/mol. The van der Waals surface area contributed by atoms with Crippen molar-refractivity contribution < 1.29 is 0 Å². The van der Waals surface area contributed by atoms with Gasteiger partial charge in [0.25, 0.3) is 0 Å². The van der Waals surface area contributed by atoms with E-state index in [-0.39, 0.29) is 0 Å². The van der Waals surface area contributed by atoms with Gasteiger partial charge in [-0.3, -0.25) is 23.1 Å². The maximum atomic E-state index is 6.15. The van der Waals surface area contributed by atoms with Crippen LogP contribution in [0.2, 0.25) is 0 Å². The fourth-order valence-electron chi connectivity index (χ4n) is 4.81. The van der Waals surface area contributed by atoms with Gasteiger partial charge in [-0.2, -0.15) is 0 Å². The van der Waals surface area contributed by atoms with Gasteiger partial charge in [-0.05, 0) is 54.1 Å². The second-order valence-corrected chi connectivity index (χ2v) is 8.66. The van der Waals surface area contributed by atoms with Gasteiger partial charge in [0.1, 0.15) is 16.9 Å². The van der Waals surface area contributed by atoms with E-state index in [1.165, 1.54) is 0 Å². The van der Waals surface area contributed by atoms with Gasteiger partial charge in [-0.15, -0.1) is 0 Å². The molecule has 6 rings (SSSR count). The van der Waals surface area contributed by atoms with Crippen molar-refractivity contribution in [1.29, 1.82) is 0 Å². The number of aromatic nitrogens is 4. The Morgan fingerprint density at radius 1 is 0.711 bits per heavy atom. The molecule has 0 spiro atoms. The molecule has 0 aliphatic carbocycles. The summed E-state index contributed by atoms with van der Waals surface area (Å²) >= 11 is 0. The number of hydrogen-bond donors (Lipinski definition) is 9. The summed E-state index contributed by atoms with van der Waals surface area (Å²) in [4.78, 5) is 13.0.